The number of nitrogens with one attached hydrogen (secondary N) is 2. The third-order valence-electron chi connectivity index (χ3n) is 4.36. The summed E-state index contributed by atoms with van der Waals surface area (Å²) < 4.78 is 0. The highest BCUT2D eigenvalue weighted by atomic mass is 16.2. The lowest BCUT2D eigenvalue weighted by molar-refractivity contribution is -0.131. The first kappa shape index (κ1) is 15.0. The highest BCUT2D eigenvalue weighted by molar-refractivity contribution is 5.82. The Labute approximate surface area is 120 Å². The maximum Gasteiger partial charge on any atom is 0.227 e. The molecule has 20 heavy (non-hydrogen) atoms. The van der Waals surface area contributed by atoms with E-state index in [2.05, 4.69) is 15.3 Å². The van der Waals surface area contributed by atoms with Crippen molar-refractivity contribution in [2.45, 2.75) is 51.4 Å². The SMILES string of the molecule is NCC1(C(=O)NCCCc2ncc[nH]2)CCCCCC1. The van der Waals surface area contributed by atoms with Crippen molar-refractivity contribution in [2.24, 2.45) is 11.1 Å². The van der Waals surface area contributed by atoms with E-state index in [0.29, 0.717) is 13.1 Å². The van der Waals surface area contributed by atoms with Crippen molar-refractivity contribution in [3.05, 3.63) is 18.2 Å². The van der Waals surface area contributed by atoms with Crippen LogP contribution in [-0.2, 0) is 11.2 Å². The first-order valence-electron chi connectivity index (χ1n) is 7.73. The van der Waals surface area contributed by atoms with E-state index in [1.165, 1.54) is 12.8 Å². The van der Waals surface area contributed by atoms with Gasteiger partial charge in [-0.25, -0.2) is 4.98 Å². The fourth-order valence-corrected chi connectivity index (χ4v) is 3.01. The summed E-state index contributed by atoms with van der Waals surface area (Å²) in [4.78, 5) is 19.7. The molecule has 4 N–H and O–H groups in total. The molecular weight excluding hydrogens is 252 g/mol. The Morgan fingerprint density at radius 2 is 2.10 bits per heavy atom. The molecule has 5 nitrogen and oxygen atoms in total. The Hall–Kier alpha value is -1.36. The van der Waals surface area contributed by atoms with Crippen LogP contribution in [0.25, 0.3) is 0 Å². The van der Waals surface area contributed by atoms with Crippen LogP contribution in [0.5, 0.6) is 0 Å². The van der Waals surface area contributed by atoms with Gasteiger partial charge in [0.2, 0.25) is 5.91 Å². The van der Waals surface area contributed by atoms with Gasteiger partial charge in [-0.2, -0.15) is 0 Å². The maximum atomic E-state index is 12.5. The molecule has 0 saturated heterocycles. The van der Waals surface area contributed by atoms with E-state index >= 15 is 0 Å². The summed E-state index contributed by atoms with van der Waals surface area (Å²) in [6, 6.07) is 0. The number of carbonyl (C=O) groups is 1. The van der Waals surface area contributed by atoms with E-state index in [9.17, 15) is 4.79 Å². The number of aromatic amines is 1. The molecule has 0 atom stereocenters. The number of hydrogen-bond acceptors (Lipinski definition) is 3. The predicted molar refractivity (Wildman–Crippen MR) is 79.1 cm³/mol. The molecule has 0 aromatic carbocycles. The lowest BCUT2D eigenvalue weighted by atomic mass is 9.79. The summed E-state index contributed by atoms with van der Waals surface area (Å²) in [5, 5.41) is 3.07. The molecule has 0 bridgehead atoms. The summed E-state index contributed by atoms with van der Waals surface area (Å²) in [6.45, 7) is 1.16. The summed E-state index contributed by atoms with van der Waals surface area (Å²) in [6.07, 6.45) is 11.9. The zero-order valence-electron chi connectivity index (χ0n) is 12.2. The van der Waals surface area contributed by atoms with Crippen molar-refractivity contribution in [1.82, 2.24) is 15.3 Å². The molecule has 5 heteroatoms. The lowest BCUT2D eigenvalue weighted by Crippen LogP contribution is -2.46. The molecule has 1 aromatic heterocycles. The standard InChI is InChI=1S/C15H26N4O/c16-12-15(7-3-1-2-4-8-15)14(20)19-9-5-6-13-17-10-11-18-13/h10-11H,1-9,12,16H2,(H,17,18)(H,19,20). The molecule has 0 radical (unpaired) electrons. The van der Waals surface area contributed by atoms with Crippen molar-refractivity contribution < 1.29 is 4.79 Å². The first-order chi connectivity index (χ1) is 9.77. The number of aromatic nitrogens is 2. The molecule has 1 aliphatic rings. The quantitative estimate of drug-likeness (QED) is 0.547. The van der Waals surface area contributed by atoms with Crippen LogP contribution in [0.4, 0.5) is 0 Å². The highest BCUT2D eigenvalue weighted by Gasteiger charge is 2.36. The normalized spacial score (nSPS) is 18.4. The number of nitrogens with zero attached hydrogens (tertiary/aromatic N) is 1. The van der Waals surface area contributed by atoms with Crippen molar-refractivity contribution in [3.8, 4) is 0 Å². The number of nitrogens with two attached hydrogens (primary N) is 1. The molecule has 1 fully saturated rings. The van der Waals surface area contributed by atoms with Gasteiger partial charge in [-0.15, -0.1) is 0 Å². The van der Waals surface area contributed by atoms with Crippen molar-refractivity contribution in [1.29, 1.82) is 0 Å². The molecule has 0 unspecified atom stereocenters. The lowest BCUT2D eigenvalue weighted by Gasteiger charge is -2.29. The molecule has 1 aliphatic carbocycles. The van der Waals surface area contributed by atoms with Gasteiger partial charge in [0.25, 0.3) is 0 Å². The van der Waals surface area contributed by atoms with Gasteiger partial charge >= 0.3 is 0 Å². The average Bonchev–Trinajstić information content (AvgIpc) is 2.86. The van der Waals surface area contributed by atoms with Gasteiger partial charge in [-0.3, -0.25) is 4.79 Å². The van der Waals surface area contributed by atoms with E-state index in [-0.39, 0.29) is 11.3 Å². The summed E-state index contributed by atoms with van der Waals surface area (Å²) in [5.74, 6) is 1.13. The highest BCUT2D eigenvalue weighted by Crippen LogP contribution is 2.34. The Morgan fingerprint density at radius 3 is 2.70 bits per heavy atom. The Kier molecular flexibility index (Phi) is 5.59. The molecule has 0 aliphatic heterocycles. The summed E-state index contributed by atoms with van der Waals surface area (Å²) >= 11 is 0. The molecule has 112 valence electrons. The van der Waals surface area contributed by atoms with Gasteiger partial charge in [0.05, 0.1) is 5.41 Å². The zero-order valence-corrected chi connectivity index (χ0v) is 12.2. The van der Waals surface area contributed by atoms with Crippen LogP contribution in [0.3, 0.4) is 0 Å². The first-order valence-corrected chi connectivity index (χ1v) is 7.73. The van der Waals surface area contributed by atoms with Gasteiger partial charge in [-0.1, -0.05) is 25.7 Å². The second kappa shape index (κ2) is 7.43. The zero-order chi connectivity index (χ0) is 14.3. The smallest absolute Gasteiger partial charge is 0.227 e. The van der Waals surface area contributed by atoms with Crippen LogP contribution in [0.15, 0.2) is 12.4 Å². The molecule has 1 saturated carbocycles. The molecule has 0 spiro atoms. The minimum atomic E-state index is -0.318. The maximum absolute atomic E-state index is 12.5. The van der Waals surface area contributed by atoms with E-state index in [1.54, 1.807) is 6.20 Å². The van der Waals surface area contributed by atoms with Crippen molar-refractivity contribution in [3.63, 3.8) is 0 Å². The van der Waals surface area contributed by atoms with Crippen LogP contribution < -0.4 is 11.1 Å². The largest absolute Gasteiger partial charge is 0.356 e. The molecule has 1 aromatic rings. The fraction of sp³-hybridized carbons (Fsp3) is 0.733. The van der Waals surface area contributed by atoms with E-state index in [4.69, 9.17) is 5.73 Å². The van der Waals surface area contributed by atoms with Crippen molar-refractivity contribution >= 4 is 5.91 Å². The minimum Gasteiger partial charge on any atom is -0.356 e. The fourth-order valence-electron chi connectivity index (χ4n) is 3.01. The van der Waals surface area contributed by atoms with Crippen LogP contribution >= 0.6 is 0 Å². The van der Waals surface area contributed by atoms with Gasteiger partial charge in [0, 0.05) is 31.9 Å². The molecule has 1 heterocycles. The second-order valence-electron chi connectivity index (χ2n) is 5.79. The van der Waals surface area contributed by atoms with E-state index < -0.39 is 0 Å². The summed E-state index contributed by atoms with van der Waals surface area (Å²) in [5.41, 5.74) is 5.60. The number of hydrogen-bond donors (Lipinski definition) is 3. The van der Waals surface area contributed by atoms with Gasteiger partial charge in [0.1, 0.15) is 5.82 Å². The number of amides is 1. The van der Waals surface area contributed by atoms with Gasteiger partial charge < -0.3 is 16.0 Å². The number of H-pyrrole nitrogens is 1. The topological polar surface area (TPSA) is 83.8 Å². The predicted octanol–water partition coefficient (Wildman–Crippen LogP) is 1.76. The Balaban J connectivity index is 1.77. The number of imidazole rings is 1. The molecule has 1 amide bonds. The number of rotatable bonds is 6. The van der Waals surface area contributed by atoms with Crippen molar-refractivity contribution in [2.75, 3.05) is 13.1 Å². The van der Waals surface area contributed by atoms with Crippen LogP contribution in [0.2, 0.25) is 0 Å². The van der Waals surface area contributed by atoms with E-state index in [1.807, 2.05) is 6.20 Å². The molecular formula is C15H26N4O. The second-order valence-corrected chi connectivity index (χ2v) is 5.79. The van der Waals surface area contributed by atoms with Crippen LogP contribution in [0, 0.1) is 5.41 Å². The third-order valence-corrected chi connectivity index (χ3v) is 4.36. The average molecular weight is 278 g/mol. The Bertz CT molecular complexity index is 394. The van der Waals surface area contributed by atoms with Crippen LogP contribution in [-0.4, -0.2) is 29.0 Å². The van der Waals surface area contributed by atoms with Crippen LogP contribution in [0.1, 0.15) is 50.8 Å². The van der Waals surface area contributed by atoms with E-state index in [0.717, 1.165) is 44.3 Å². The minimum absolute atomic E-state index is 0.154. The molecule has 2 rings (SSSR count). The summed E-state index contributed by atoms with van der Waals surface area (Å²) in [7, 11) is 0. The number of carbonyl (C=O) groups excluding carboxylic acids is 1. The van der Waals surface area contributed by atoms with Gasteiger partial charge in [-0.05, 0) is 19.3 Å². The number of aryl methyl sites for hydroxylation is 1. The van der Waals surface area contributed by atoms with Gasteiger partial charge in [0.15, 0.2) is 0 Å². The third kappa shape index (κ3) is 3.82. The monoisotopic (exact) mass is 278 g/mol. The Morgan fingerprint density at radius 1 is 1.35 bits per heavy atom.